The molecule has 8 heteroatoms. The number of H-pyrrole nitrogens is 1. The molecule has 0 unspecified atom stereocenters. The molecule has 0 spiro atoms. The lowest BCUT2D eigenvalue weighted by Crippen LogP contribution is -2.21. The quantitative estimate of drug-likeness (QED) is 0.505. The Kier molecular flexibility index (Phi) is 4.79. The van der Waals surface area contributed by atoms with Crippen molar-refractivity contribution in [3.8, 4) is 17.7 Å². The van der Waals surface area contributed by atoms with Gasteiger partial charge in [-0.15, -0.1) is 5.10 Å². The van der Waals surface area contributed by atoms with Crippen LogP contribution in [-0.4, -0.2) is 16.2 Å². The van der Waals surface area contributed by atoms with Crippen LogP contribution in [0.15, 0.2) is 58.5 Å². The maximum absolute atomic E-state index is 12.0. The fourth-order valence-electron chi connectivity index (χ4n) is 3.36. The SMILES string of the molecule is CCCc1[nH]nc2c1[C@@H](c1ccc(OC(=O)c3ccco3)cc1)C(C#N)=C(N)O2. The summed E-state index contributed by atoms with van der Waals surface area (Å²) in [6, 6.07) is 12.2. The van der Waals surface area contributed by atoms with E-state index in [0.29, 0.717) is 17.2 Å². The molecular weight excluding hydrogens is 372 g/mol. The summed E-state index contributed by atoms with van der Waals surface area (Å²) in [6.45, 7) is 2.06. The summed E-state index contributed by atoms with van der Waals surface area (Å²) in [5, 5.41) is 16.9. The van der Waals surface area contributed by atoms with Crippen LogP contribution >= 0.6 is 0 Å². The van der Waals surface area contributed by atoms with E-state index < -0.39 is 11.9 Å². The zero-order chi connectivity index (χ0) is 20.4. The Bertz CT molecular complexity index is 1100. The largest absolute Gasteiger partial charge is 0.457 e. The molecule has 3 N–H and O–H groups in total. The van der Waals surface area contributed by atoms with Crippen LogP contribution in [-0.2, 0) is 6.42 Å². The van der Waals surface area contributed by atoms with Crippen LogP contribution in [0.1, 0.15) is 46.6 Å². The van der Waals surface area contributed by atoms with Crippen LogP contribution in [0.4, 0.5) is 0 Å². The first-order chi connectivity index (χ1) is 14.1. The average Bonchev–Trinajstić information content (AvgIpc) is 3.39. The predicted octanol–water partition coefficient (Wildman–Crippen LogP) is 3.39. The summed E-state index contributed by atoms with van der Waals surface area (Å²) in [5.41, 5.74) is 8.80. The fourth-order valence-corrected chi connectivity index (χ4v) is 3.36. The maximum Gasteiger partial charge on any atom is 0.379 e. The molecule has 3 aromatic rings. The van der Waals surface area contributed by atoms with Gasteiger partial charge in [-0.2, -0.15) is 5.26 Å². The molecule has 1 atom stereocenters. The molecule has 0 radical (unpaired) electrons. The Morgan fingerprint density at radius 3 is 2.79 bits per heavy atom. The number of aromatic amines is 1. The van der Waals surface area contributed by atoms with Crippen molar-refractivity contribution >= 4 is 5.97 Å². The lowest BCUT2D eigenvalue weighted by Gasteiger charge is -2.24. The minimum absolute atomic E-state index is 0.0351. The molecule has 1 aliphatic heterocycles. The van der Waals surface area contributed by atoms with Gasteiger partial charge in [-0.05, 0) is 36.2 Å². The molecule has 0 bridgehead atoms. The molecule has 4 rings (SSSR count). The van der Waals surface area contributed by atoms with E-state index >= 15 is 0 Å². The Labute approximate surface area is 166 Å². The Morgan fingerprint density at radius 1 is 1.34 bits per heavy atom. The van der Waals surface area contributed by atoms with Crippen molar-refractivity contribution in [3.63, 3.8) is 0 Å². The first kappa shape index (κ1) is 18.4. The number of nitriles is 1. The second-order valence-corrected chi connectivity index (χ2v) is 6.53. The van der Waals surface area contributed by atoms with Gasteiger partial charge in [0.25, 0.3) is 0 Å². The molecule has 0 saturated heterocycles. The van der Waals surface area contributed by atoms with Gasteiger partial charge in [-0.1, -0.05) is 25.5 Å². The molecule has 2 aromatic heterocycles. The van der Waals surface area contributed by atoms with Gasteiger partial charge in [0.2, 0.25) is 17.5 Å². The van der Waals surface area contributed by atoms with E-state index in [2.05, 4.69) is 23.2 Å². The Morgan fingerprint density at radius 2 is 2.14 bits per heavy atom. The highest BCUT2D eigenvalue weighted by atomic mass is 16.5. The van der Waals surface area contributed by atoms with Crippen molar-refractivity contribution in [2.75, 3.05) is 0 Å². The number of esters is 1. The number of furan rings is 1. The number of fused-ring (bicyclic) bond motifs is 1. The molecule has 146 valence electrons. The number of hydrogen-bond donors (Lipinski definition) is 2. The van der Waals surface area contributed by atoms with Gasteiger partial charge >= 0.3 is 5.97 Å². The van der Waals surface area contributed by atoms with Crippen LogP contribution < -0.4 is 15.2 Å². The summed E-state index contributed by atoms with van der Waals surface area (Å²) < 4.78 is 15.9. The number of nitrogens with one attached hydrogen (secondary N) is 1. The van der Waals surface area contributed by atoms with E-state index in [1.807, 2.05) is 0 Å². The fraction of sp³-hybridized carbons (Fsp3) is 0.190. The predicted molar refractivity (Wildman–Crippen MR) is 102 cm³/mol. The van der Waals surface area contributed by atoms with Crippen molar-refractivity contribution in [1.29, 1.82) is 5.26 Å². The van der Waals surface area contributed by atoms with Gasteiger partial charge in [0, 0.05) is 11.3 Å². The summed E-state index contributed by atoms with van der Waals surface area (Å²) in [6.07, 6.45) is 3.07. The van der Waals surface area contributed by atoms with Crippen molar-refractivity contribution in [3.05, 3.63) is 76.7 Å². The number of ether oxygens (including phenoxy) is 2. The molecule has 0 saturated carbocycles. The van der Waals surface area contributed by atoms with E-state index in [-0.39, 0.29) is 11.6 Å². The third-order valence-electron chi connectivity index (χ3n) is 4.66. The summed E-state index contributed by atoms with van der Waals surface area (Å²) in [5.74, 6) is -0.111. The van der Waals surface area contributed by atoms with Crippen LogP contribution in [0.2, 0.25) is 0 Å². The van der Waals surface area contributed by atoms with E-state index in [1.54, 1.807) is 30.3 Å². The van der Waals surface area contributed by atoms with Gasteiger partial charge in [-0.25, -0.2) is 4.79 Å². The van der Waals surface area contributed by atoms with Crippen molar-refractivity contribution in [2.24, 2.45) is 5.73 Å². The monoisotopic (exact) mass is 390 g/mol. The number of aryl methyl sites for hydroxylation is 1. The minimum atomic E-state index is -0.585. The van der Waals surface area contributed by atoms with E-state index in [9.17, 15) is 10.1 Å². The summed E-state index contributed by atoms with van der Waals surface area (Å²) >= 11 is 0. The lowest BCUT2D eigenvalue weighted by atomic mass is 9.83. The number of aromatic nitrogens is 2. The second-order valence-electron chi connectivity index (χ2n) is 6.53. The van der Waals surface area contributed by atoms with Gasteiger partial charge in [-0.3, -0.25) is 5.10 Å². The molecule has 8 nitrogen and oxygen atoms in total. The number of carbonyl (C=O) groups excluding carboxylic acids is 1. The third-order valence-corrected chi connectivity index (χ3v) is 4.66. The topological polar surface area (TPSA) is 127 Å². The third kappa shape index (κ3) is 3.34. The van der Waals surface area contributed by atoms with Crippen LogP contribution in [0.3, 0.4) is 0 Å². The Balaban J connectivity index is 1.67. The van der Waals surface area contributed by atoms with E-state index in [0.717, 1.165) is 29.7 Å². The normalized spacial score (nSPS) is 15.4. The number of benzene rings is 1. The van der Waals surface area contributed by atoms with Crippen LogP contribution in [0, 0.1) is 11.3 Å². The number of rotatable bonds is 5. The maximum atomic E-state index is 12.0. The van der Waals surface area contributed by atoms with E-state index in [1.165, 1.54) is 12.3 Å². The highest BCUT2D eigenvalue weighted by Crippen LogP contribution is 2.43. The van der Waals surface area contributed by atoms with Gasteiger partial charge in [0.15, 0.2) is 0 Å². The molecule has 3 heterocycles. The van der Waals surface area contributed by atoms with Crippen LogP contribution in [0.5, 0.6) is 11.6 Å². The number of allylic oxidation sites excluding steroid dienone is 1. The first-order valence-corrected chi connectivity index (χ1v) is 9.12. The molecule has 0 fully saturated rings. The number of nitrogens with zero attached hydrogens (tertiary/aromatic N) is 2. The minimum Gasteiger partial charge on any atom is -0.457 e. The average molecular weight is 390 g/mol. The zero-order valence-electron chi connectivity index (χ0n) is 15.6. The number of carbonyl (C=O) groups is 1. The van der Waals surface area contributed by atoms with Gasteiger partial charge < -0.3 is 19.6 Å². The lowest BCUT2D eigenvalue weighted by molar-refractivity contribution is 0.0701. The second kappa shape index (κ2) is 7.56. The molecular formula is C21H18N4O4. The first-order valence-electron chi connectivity index (χ1n) is 9.12. The van der Waals surface area contributed by atoms with Gasteiger partial charge in [0.05, 0.1) is 12.2 Å². The standard InChI is InChI=1S/C21H18N4O4/c1-2-4-15-18-17(14(11-22)19(23)29-20(18)25-24-15)12-6-8-13(9-7-12)28-21(26)16-5-3-10-27-16/h3,5-10,17H,2,4,23H2,1H3,(H,24,25)/t17-/m0/s1. The van der Waals surface area contributed by atoms with E-state index in [4.69, 9.17) is 19.6 Å². The molecule has 29 heavy (non-hydrogen) atoms. The summed E-state index contributed by atoms with van der Waals surface area (Å²) in [4.78, 5) is 12.0. The van der Waals surface area contributed by atoms with Crippen molar-refractivity contribution in [1.82, 2.24) is 10.2 Å². The molecule has 0 amide bonds. The number of hydrogen-bond acceptors (Lipinski definition) is 7. The zero-order valence-corrected chi connectivity index (χ0v) is 15.6. The molecule has 0 aliphatic carbocycles. The van der Waals surface area contributed by atoms with Crippen LogP contribution in [0.25, 0.3) is 0 Å². The smallest absolute Gasteiger partial charge is 0.379 e. The highest BCUT2D eigenvalue weighted by Gasteiger charge is 2.34. The Hall–Kier alpha value is -3.99. The number of nitrogens with two attached hydrogens (primary N) is 1. The molecule has 1 aliphatic rings. The van der Waals surface area contributed by atoms with Crippen molar-refractivity contribution < 1.29 is 18.7 Å². The highest BCUT2D eigenvalue weighted by molar-refractivity contribution is 5.88. The van der Waals surface area contributed by atoms with Crippen molar-refractivity contribution in [2.45, 2.75) is 25.7 Å². The summed E-state index contributed by atoms with van der Waals surface area (Å²) in [7, 11) is 0. The van der Waals surface area contributed by atoms with Gasteiger partial charge in [0.1, 0.15) is 17.4 Å². The molecule has 1 aromatic carbocycles.